The number of likely N-dealkylation sites (tertiary alicyclic amines) is 1. The second kappa shape index (κ2) is 8.89. The van der Waals surface area contributed by atoms with Gasteiger partial charge in [0.2, 0.25) is 5.91 Å². The largest absolute Gasteiger partial charge is 0.346 e. The number of aryl methyl sites for hydroxylation is 1. The van der Waals surface area contributed by atoms with Crippen LogP contribution in [0.2, 0.25) is 0 Å². The van der Waals surface area contributed by atoms with E-state index in [0.29, 0.717) is 17.8 Å². The summed E-state index contributed by atoms with van der Waals surface area (Å²) in [4.78, 5) is 28.7. The molecule has 0 aromatic carbocycles. The van der Waals surface area contributed by atoms with Gasteiger partial charge in [0.05, 0.1) is 0 Å². The Kier molecular flexibility index (Phi) is 6.05. The van der Waals surface area contributed by atoms with Crippen LogP contribution in [0.15, 0.2) is 12.3 Å². The molecule has 7 rings (SSSR count). The van der Waals surface area contributed by atoms with E-state index in [1.165, 1.54) is 44.1 Å². The first-order chi connectivity index (χ1) is 17.1. The second-order valence-corrected chi connectivity index (χ2v) is 14.2. The summed E-state index contributed by atoms with van der Waals surface area (Å²) in [5.41, 5.74) is 2.49. The van der Waals surface area contributed by atoms with Gasteiger partial charge in [0.25, 0.3) is 5.91 Å². The van der Waals surface area contributed by atoms with E-state index in [2.05, 4.69) is 48.6 Å². The maximum atomic E-state index is 13.4. The van der Waals surface area contributed by atoms with E-state index >= 15 is 0 Å². The molecule has 2 N–H and O–H groups in total. The highest BCUT2D eigenvalue weighted by Gasteiger charge is 2.52. The van der Waals surface area contributed by atoms with Crippen LogP contribution in [0.3, 0.4) is 0 Å². The van der Waals surface area contributed by atoms with Crippen molar-refractivity contribution in [2.45, 2.75) is 120 Å². The van der Waals surface area contributed by atoms with Gasteiger partial charge in [-0.2, -0.15) is 0 Å². The number of hydrogen-bond donors (Lipinski definition) is 2. The first-order valence-corrected chi connectivity index (χ1v) is 14.6. The minimum Gasteiger partial charge on any atom is -0.346 e. The maximum Gasteiger partial charge on any atom is 0.268 e. The molecule has 0 spiro atoms. The quantitative estimate of drug-likeness (QED) is 0.632. The summed E-state index contributed by atoms with van der Waals surface area (Å²) < 4.78 is 2.00. The number of nitrogens with one attached hydrogen (secondary N) is 2. The van der Waals surface area contributed by atoms with Crippen LogP contribution in [-0.4, -0.2) is 51.5 Å². The second-order valence-electron chi connectivity index (χ2n) is 14.2. The van der Waals surface area contributed by atoms with E-state index in [4.69, 9.17) is 0 Å². The van der Waals surface area contributed by atoms with E-state index in [0.717, 1.165) is 56.4 Å². The van der Waals surface area contributed by atoms with Gasteiger partial charge in [-0.05, 0) is 126 Å². The van der Waals surface area contributed by atoms with Crippen molar-refractivity contribution >= 4 is 11.8 Å². The molecule has 6 nitrogen and oxygen atoms in total. The zero-order valence-corrected chi connectivity index (χ0v) is 22.8. The Morgan fingerprint density at radius 2 is 1.58 bits per heavy atom. The van der Waals surface area contributed by atoms with Crippen molar-refractivity contribution in [2.75, 3.05) is 6.54 Å². The lowest BCUT2D eigenvalue weighted by Crippen LogP contribution is -2.49. The average Bonchev–Trinajstić information content (AvgIpc) is 3.36. The van der Waals surface area contributed by atoms with Crippen LogP contribution in [-0.2, 0) is 17.3 Å². The number of hydrogen-bond acceptors (Lipinski definition) is 3. The van der Waals surface area contributed by atoms with Gasteiger partial charge in [0.1, 0.15) is 11.7 Å². The lowest BCUT2D eigenvalue weighted by atomic mass is 9.48. The van der Waals surface area contributed by atoms with Crippen LogP contribution in [0.4, 0.5) is 0 Å². The third kappa shape index (κ3) is 4.52. The number of rotatable bonds is 5. The Morgan fingerprint density at radius 1 is 0.972 bits per heavy atom. The summed E-state index contributed by atoms with van der Waals surface area (Å²) in [6.45, 7) is 7.41. The molecule has 198 valence electrons. The van der Waals surface area contributed by atoms with Crippen molar-refractivity contribution < 1.29 is 9.59 Å². The molecular formula is C30H46N4O2. The Hall–Kier alpha value is -1.82. The Morgan fingerprint density at radius 3 is 2.17 bits per heavy atom. The number of amides is 2. The van der Waals surface area contributed by atoms with Crippen LogP contribution in [0.1, 0.15) is 107 Å². The van der Waals surface area contributed by atoms with Crippen molar-refractivity contribution in [3.63, 3.8) is 0 Å². The topological polar surface area (TPSA) is 66.4 Å². The van der Waals surface area contributed by atoms with E-state index in [-0.39, 0.29) is 28.8 Å². The molecule has 6 aliphatic rings. The molecular weight excluding hydrogens is 448 g/mol. The van der Waals surface area contributed by atoms with Crippen LogP contribution in [0, 0.1) is 17.8 Å². The fraction of sp³-hybridized carbons (Fsp3) is 0.800. The number of nitrogens with zero attached hydrogens (tertiary/aromatic N) is 2. The lowest BCUT2D eigenvalue weighted by Gasteiger charge is -2.56. The van der Waals surface area contributed by atoms with Gasteiger partial charge in [-0.15, -0.1) is 0 Å². The van der Waals surface area contributed by atoms with Crippen molar-refractivity contribution in [1.82, 2.24) is 20.1 Å². The van der Waals surface area contributed by atoms with Gasteiger partial charge in [0.15, 0.2) is 0 Å². The molecule has 1 atom stereocenters. The number of carbonyl (C=O) groups excluding carboxylic acids is 2. The van der Waals surface area contributed by atoms with E-state index in [9.17, 15) is 9.59 Å². The van der Waals surface area contributed by atoms with E-state index < -0.39 is 0 Å². The molecule has 2 amide bonds. The fourth-order valence-corrected chi connectivity index (χ4v) is 9.12. The fourth-order valence-electron chi connectivity index (χ4n) is 9.12. The van der Waals surface area contributed by atoms with E-state index in [1.807, 2.05) is 11.6 Å². The van der Waals surface area contributed by atoms with Crippen molar-refractivity contribution in [1.29, 1.82) is 0 Å². The summed E-state index contributed by atoms with van der Waals surface area (Å²) in [5, 5.41) is 6.84. The first-order valence-electron chi connectivity index (χ1n) is 14.6. The summed E-state index contributed by atoms with van der Waals surface area (Å²) in [5.74, 6) is 2.68. The van der Waals surface area contributed by atoms with Gasteiger partial charge in [-0.3, -0.25) is 9.59 Å². The molecule has 1 unspecified atom stereocenters. The van der Waals surface area contributed by atoms with Crippen molar-refractivity contribution in [3.8, 4) is 0 Å². The first kappa shape index (κ1) is 24.5. The molecule has 6 heteroatoms. The molecule has 1 aliphatic heterocycles. The van der Waals surface area contributed by atoms with Crippen LogP contribution >= 0.6 is 0 Å². The molecule has 6 fully saturated rings. The lowest BCUT2D eigenvalue weighted by molar-refractivity contribution is -0.131. The Bertz CT molecular complexity index is 977. The standard InChI is InChI=1S/C30H46N4O2/c1-29(2,3)32-23-5-7-24(8-6-23)34-10-9-25(28(34)36)31-27(35)26-14-22(18-33(26)4)30-15-19-11-20(16-30)13-21(12-19)17-30/h14,18-21,23-25,32H,5-13,15-17H2,1-4H3,(H,31,35). The molecule has 5 saturated carbocycles. The normalized spacial score (nSPS) is 38.1. The predicted octanol–water partition coefficient (Wildman–Crippen LogP) is 4.52. The third-order valence-corrected chi connectivity index (χ3v) is 10.2. The molecule has 5 aliphatic carbocycles. The van der Waals surface area contributed by atoms with E-state index in [1.54, 1.807) is 0 Å². The van der Waals surface area contributed by atoms with Gasteiger partial charge < -0.3 is 20.1 Å². The maximum absolute atomic E-state index is 13.4. The smallest absolute Gasteiger partial charge is 0.268 e. The SMILES string of the molecule is Cn1cc(C23CC4CC(CC(C4)C2)C3)cc1C(=O)NC1CCN(C2CCC(NC(C)(C)C)CC2)C1=O. The minimum atomic E-state index is -0.388. The minimum absolute atomic E-state index is 0.0910. The summed E-state index contributed by atoms with van der Waals surface area (Å²) >= 11 is 0. The predicted molar refractivity (Wildman–Crippen MR) is 142 cm³/mol. The van der Waals surface area contributed by atoms with Crippen LogP contribution < -0.4 is 10.6 Å². The highest BCUT2D eigenvalue weighted by molar-refractivity contribution is 5.97. The van der Waals surface area contributed by atoms with Crippen LogP contribution in [0.5, 0.6) is 0 Å². The molecule has 36 heavy (non-hydrogen) atoms. The zero-order valence-electron chi connectivity index (χ0n) is 22.8. The molecule has 2 heterocycles. The molecule has 4 bridgehead atoms. The highest BCUT2D eigenvalue weighted by atomic mass is 16.2. The summed E-state index contributed by atoms with van der Waals surface area (Å²) in [7, 11) is 1.99. The molecule has 1 aromatic heterocycles. The zero-order chi connectivity index (χ0) is 25.2. The number of carbonyl (C=O) groups is 2. The van der Waals surface area contributed by atoms with Crippen molar-refractivity contribution in [2.24, 2.45) is 24.8 Å². The van der Waals surface area contributed by atoms with Gasteiger partial charge in [-0.25, -0.2) is 0 Å². The van der Waals surface area contributed by atoms with Gasteiger partial charge in [0, 0.05) is 37.4 Å². The van der Waals surface area contributed by atoms with Crippen LogP contribution in [0.25, 0.3) is 0 Å². The summed E-state index contributed by atoms with van der Waals surface area (Å²) in [6.07, 6.45) is 15.4. The molecule has 0 radical (unpaired) electrons. The molecule has 1 saturated heterocycles. The van der Waals surface area contributed by atoms with Gasteiger partial charge in [-0.1, -0.05) is 0 Å². The van der Waals surface area contributed by atoms with Gasteiger partial charge >= 0.3 is 0 Å². The molecule has 1 aromatic rings. The Balaban J connectivity index is 1.08. The Labute approximate surface area is 216 Å². The number of aromatic nitrogens is 1. The third-order valence-electron chi connectivity index (χ3n) is 10.2. The van der Waals surface area contributed by atoms with Crippen molar-refractivity contribution in [3.05, 3.63) is 23.5 Å². The monoisotopic (exact) mass is 494 g/mol. The highest BCUT2D eigenvalue weighted by Crippen LogP contribution is 2.60. The summed E-state index contributed by atoms with van der Waals surface area (Å²) in [6, 6.07) is 2.62. The average molecular weight is 495 g/mol.